The number of aromatic nitrogens is 4. The van der Waals surface area contributed by atoms with Crippen molar-refractivity contribution in [1.29, 1.82) is 0 Å². The molecule has 6 heterocycles. The maximum absolute atomic E-state index is 9.12. The van der Waals surface area contributed by atoms with Crippen LogP contribution in [0.2, 0.25) is 0 Å². The van der Waals surface area contributed by atoms with Crippen molar-refractivity contribution in [2.24, 2.45) is 0 Å². The van der Waals surface area contributed by atoms with E-state index in [0.29, 0.717) is 5.46 Å². The number of hydrogen-bond acceptors (Lipinski definition) is 6. The lowest BCUT2D eigenvalue weighted by Gasteiger charge is -2.07. The maximum atomic E-state index is 9.12. The van der Waals surface area contributed by atoms with Crippen molar-refractivity contribution in [2.45, 2.75) is 0 Å². The van der Waals surface area contributed by atoms with Crippen molar-refractivity contribution in [2.75, 3.05) is 0 Å². The van der Waals surface area contributed by atoms with Gasteiger partial charge < -0.3 is 18.9 Å². The highest BCUT2D eigenvalue weighted by molar-refractivity contribution is 9.10. The van der Waals surface area contributed by atoms with Crippen LogP contribution in [0.5, 0.6) is 0 Å². The molecule has 76 heavy (non-hydrogen) atoms. The molecule has 0 radical (unpaired) electrons. The van der Waals surface area contributed by atoms with Gasteiger partial charge in [-0.3, -0.25) is 9.13 Å². The SMILES string of the molecule is Brc1ccc2c(c1)c1c3ccccc3ccc1n2-c1ccccn1.OB(O)c1ccc2oc3ccccc3c2c1.c1ccc(-n2c3ccc(-c4ccc5oc6ccccc6c5c4)cc3c3c4ccccc4ccc32)nc1. The van der Waals surface area contributed by atoms with Crippen LogP contribution in [0, 0.1) is 0 Å². The van der Waals surface area contributed by atoms with Crippen molar-refractivity contribution in [1.82, 2.24) is 19.1 Å². The molecule has 16 aromatic rings. The molecule has 0 amide bonds. The Labute approximate surface area is 443 Å². The number of furan rings is 2. The second-order valence-corrected chi connectivity index (χ2v) is 19.8. The second-order valence-electron chi connectivity index (χ2n) is 18.8. The number of benzene rings is 10. The Bertz CT molecular complexity index is 4890. The van der Waals surface area contributed by atoms with Gasteiger partial charge in [-0.1, -0.05) is 149 Å². The largest absolute Gasteiger partial charge is 0.488 e. The van der Waals surface area contributed by atoms with E-state index in [9.17, 15) is 0 Å². The van der Waals surface area contributed by atoms with Crippen molar-refractivity contribution in [3.63, 3.8) is 0 Å². The lowest BCUT2D eigenvalue weighted by molar-refractivity contribution is 0.426. The zero-order valence-corrected chi connectivity index (χ0v) is 42.1. The molecule has 0 atom stereocenters. The summed E-state index contributed by atoms with van der Waals surface area (Å²) in [5.74, 6) is 1.86. The summed E-state index contributed by atoms with van der Waals surface area (Å²) in [5, 5.41) is 32.4. The highest BCUT2D eigenvalue weighted by atomic mass is 79.9. The van der Waals surface area contributed by atoms with Crippen LogP contribution in [0.1, 0.15) is 0 Å². The van der Waals surface area contributed by atoms with E-state index in [0.717, 1.165) is 71.0 Å². The third-order valence-corrected chi connectivity index (χ3v) is 14.9. The number of para-hydroxylation sites is 2. The standard InChI is InChI=1S/C33H20N2O.C21H13BrN2.C12H9BO3/c1-2-8-24-21(7-1)12-16-29-33(24)27-20-22(13-15-28(27)35(29)32-11-5-6-18-34-32)23-14-17-31-26(19-23)25-9-3-4-10-30(25)36-31;22-15-9-11-18-17(13-15)21-16-6-2-1-5-14(16)8-10-19(21)24(18)20-7-3-4-12-23-20;14-13(15)8-5-6-12-10(7-8)9-3-1-2-4-11(9)16-12/h1-20H;1-13H;1-7,14-15H. The third-order valence-electron chi connectivity index (χ3n) is 14.4. The van der Waals surface area contributed by atoms with E-state index in [1.165, 1.54) is 65.3 Å². The maximum Gasteiger partial charge on any atom is 0.488 e. The van der Waals surface area contributed by atoms with Gasteiger partial charge in [0.25, 0.3) is 0 Å². The lowest BCUT2D eigenvalue weighted by atomic mass is 9.80. The van der Waals surface area contributed by atoms with Gasteiger partial charge in [-0.2, -0.15) is 0 Å². The summed E-state index contributed by atoms with van der Waals surface area (Å²) >= 11 is 3.62. The fourth-order valence-electron chi connectivity index (χ4n) is 11.0. The summed E-state index contributed by atoms with van der Waals surface area (Å²) in [7, 11) is -1.45. The molecule has 0 saturated carbocycles. The second kappa shape index (κ2) is 18.6. The molecule has 10 aromatic carbocycles. The molecule has 0 bridgehead atoms. The molecule has 0 aliphatic heterocycles. The Morgan fingerprint density at radius 3 is 1.34 bits per heavy atom. The van der Waals surface area contributed by atoms with Gasteiger partial charge in [-0.15, -0.1) is 0 Å². The van der Waals surface area contributed by atoms with Gasteiger partial charge >= 0.3 is 7.12 Å². The van der Waals surface area contributed by atoms with Crippen LogP contribution in [0.3, 0.4) is 0 Å². The lowest BCUT2D eigenvalue weighted by Crippen LogP contribution is -2.29. The van der Waals surface area contributed by atoms with E-state index in [4.69, 9.17) is 23.9 Å². The molecule has 0 aliphatic carbocycles. The number of hydrogen-bond donors (Lipinski definition) is 2. The molecule has 0 unspecified atom stereocenters. The molecule has 0 saturated heterocycles. The fraction of sp³-hybridized carbons (Fsp3) is 0. The molecule has 0 spiro atoms. The predicted molar refractivity (Wildman–Crippen MR) is 316 cm³/mol. The first kappa shape index (κ1) is 45.3. The first-order valence-corrected chi connectivity index (χ1v) is 25.8. The van der Waals surface area contributed by atoms with Crippen molar-refractivity contribution < 1.29 is 18.9 Å². The summed E-state index contributed by atoms with van der Waals surface area (Å²) in [4.78, 5) is 9.27. The molecule has 16 rings (SSSR count). The zero-order chi connectivity index (χ0) is 50.9. The smallest absolute Gasteiger partial charge is 0.456 e. The fourth-order valence-corrected chi connectivity index (χ4v) is 11.4. The molecule has 2 N–H and O–H groups in total. The number of pyridine rings is 2. The molecule has 0 aliphatic rings. The quantitative estimate of drug-likeness (QED) is 0.170. The van der Waals surface area contributed by atoms with E-state index in [2.05, 4.69) is 182 Å². The van der Waals surface area contributed by atoms with E-state index in [1.807, 2.05) is 73.1 Å². The number of nitrogens with zero attached hydrogens (tertiary/aromatic N) is 4. The first-order valence-electron chi connectivity index (χ1n) is 25.0. The van der Waals surface area contributed by atoms with Gasteiger partial charge in [-0.25, -0.2) is 9.97 Å². The normalized spacial score (nSPS) is 11.6. The summed E-state index contributed by atoms with van der Waals surface area (Å²) in [6.45, 7) is 0. The van der Waals surface area contributed by atoms with Gasteiger partial charge in [-0.05, 0) is 135 Å². The molecule has 6 aromatic heterocycles. The highest BCUT2D eigenvalue weighted by Gasteiger charge is 2.19. The Balaban J connectivity index is 0.000000114. The number of rotatable bonds is 4. The highest BCUT2D eigenvalue weighted by Crippen LogP contribution is 2.41. The minimum Gasteiger partial charge on any atom is -0.456 e. The van der Waals surface area contributed by atoms with Crippen LogP contribution in [0.4, 0.5) is 0 Å². The molecule has 0 fully saturated rings. The minimum absolute atomic E-state index is 0.471. The summed E-state index contributed by atoms with van der Waals surface area (Å²) < 4.78 is 17.3. The molecule has 360 valence electrons. The van der Waals surface area contributed by atoms with Crippen molar-refractivity contribution >= 4 is 138 Å². The van der Waals surface area contributed by atoms with Crippen LogP contribution in [0.15, 0.2) is 256 Å². The Kier molecular flexibility index (Phi) is 11.1. The van der Waals surface area contributed by atoms with E-state index in [-0.39, 0.29) is 0 Å². The Morgan fingerprint density at radius 2 is 0.789 bits per heavy atom. The molecule has 8 nitrogen and oxygen atoms in total. The van der Waals surface area contributed by atoms with E-state index < -0.39 is 7.12 Å². The average molecular weight is 1050 g/mol. The van der Waals surface area contributed by atoms with Crippen LogP contribution >= 0.6 is 15.9 Å². The van der Waals surface area contributed by atoms with Crippen LogP contribution in [-0.2, 0) is 0 Å². The summed E-state index contributed by atoms with van der Waals surface area (Å²) in [5.41, 5.74) is 10.9. The summed E-state index contributed by atoms with van der Waals surface area (Å²) in [6.07, 6.45) is 3.69. The van der Waals surface area contributed by atoms with Crippen molar-refractivity contribution in [3.8, 4) is 22.8 Å². The van der Waals surface area contributed by atoms with E-state index >= 15 is 0 Å². The van der Waals surface area contributed by atoms with Crippen LogP contribution in [-0.4, -0.2) is 36.3 Å². The Hall–Kier alpha value is -9.32. The zero-order valence-electron chi connectivity index (χ0n) is 40.5. The third kappa shape index (κ3) is 7.69. The van der Waals surface area contributed by atoms with Gasteiger partial charge in [0, 0.05) is 60.0 Å². The Morgan fingerprint density at radius 1 is 0.355 bits per heavy atom. The molecule has 10 heteroatoms. The number of fused-ring (bicyclic) bond motifs is 16. The van der Waals surface area contributed by atoms with Crippen LogP contribution in [0.25, 0.3) is 132 Å². The van der Waals surface area contributed by atoms with Gasteiger partial charge in [0.05, 0.1) is 22.1 Å². The summed E-state index contributed by atoms with van der Waals surface area (Å²) in [6, 6.07) is 78.8. The first-order chi connectivity index (χ1) is 37.4. The average Bonchev–Trinajstić information content (AvgIpc) is 4.26. The van der Waals surface area contributed by atoms with Gasteiger partial charge in [0.2, 0.25) is 0 Å². The van der Waals surface area contributed by atoms with Crippen LogP contribution < -0.4 is 5.46 Å². The monoisotopic (exact) mass is 1040 g/mol. The predicted octanol–water partition coefficient (Wildman–Crippen LogP) is 16.3. The minimum atomic E-state index is -1.45. The van der Waals surface area contributed by atoms with Gasteiger partial charge in [0.1, 0.15) is 34.0 Å². The molecular weight excluding hydrogens is 1000 g/mol. The topological polar surface area (TPSA) is 102 Å². The van der Waals surface area contributed by atoms with Gasteiger partial charge in [0.15, 0.2) is 0 Å². The number of halogens is 1. The molecular formula is C66H42BBrN4O4. The van der Waals surface area contributed by atoms with Crippen molar-refractivity contribution in [3.05, 3.63) is 247 Å². The van der Waals surface area contributed by atoms with E-state index in [1.54, 1.807) is 18.2 Å².